The molecule has 4 rings (SSSR count). The Kier molecular flexibility index (Phi) is 5.27. The Bertz CT molecular complexity index is 1110. The molecule has 2 aromatic heterocycles. The SMILES string of the molecule is CP(C)(=O)CO[C@@H]1C=C[C@H](n2cnc3c(NC(=O)c4ccccc4)ncnc32)O1. The lowest BCUT2D eigenvalue weighted by Crippen LogP contribution is -2.16. The lowest BCUT2D eigenvalue weighted by molar-refractivity contribution is -0.123. The van der Waals surface area contributed by atoms with Crippen LogP contribution in [0.2, 0.25) is 0 Å². The van der Waals surface area contributed by atoms with Gasteiger partial charge in [0.2, 0.25) is 0 Å². The van der Waals surface area contributed by atoms with Gasteiger partial charge in [0.25, 0.3) is 5.91 Å². The molecule has 1 N–H and O–H groups in total. The van der Waals surface area contributed by atoms with E-state index < -0.39 is 19.7 Å². The molecule has 150 valence electrons. The zero-order valence-corrected chi connectivity index (χ0v) is 16.8. The van der Waals surface area contributed by atoms with Crippen LogP contribution in [0, 0.1) is 0 Å². The fourth-order valence-corrected chi connectivity index (χ4v) is 3.32. The number of fused-ring (bicyclic) bond motifs is 1. The summed E-state index contributed by atoms with van der Waals surface area (Å²) in [5.41, 5.74) is 1.48. The molecule has 3 aromatic rings. The normalized spacial score (nSPS) is 19.0. The van der Waals surface area contributed by atoms with Gasteiger partial charge in [0.05, 0.1) is 6.33 Å². The van der Waals surface area contributed by atoms with Crippen molar-refractivity contribution < 1.29 is 18.8 Å². The fourth-order valence-electron chi connectivity index (χ4n) is 2.82. The third kappa shape index (κ3) is 4.42. The Morgan fingerprint density at radius 3 is 2.76 bits per heavy atom. The van der Waals surface area contributed by atoms with E-state index in [1.54, 1.807) is 54.6 Å². The first-order valence-corrected chi connectivity index (χ1v) is 11.7. The number of hydrogen-bond donors (Lipinski definition) is 1. The molecule has 0 saturated carbocycles. The number of amides is 1. The molecule has 1 amide bonds. The number of anilines is 1. The topological polar surface area (TPSA) is 108 Å². The Hall–Kier alpha value is -2.87. The second kappa shape index (κ2) is 7.87. The van der Waals surface area contributed by atoms with Crippen molar-refractivity contribution in [1.29, 1.82) is 0 Å². The van der Waals surface area contributed by atoms with Crippen molar-refractivity contribution in [2.24, 2.45) is 0 Å². The molecule has 0 fully saturated rings. The van der Waals surface area contributed by atoms with Gasteiger partial charge in [0.15, 0.2) is 29.5 Å². The van der Waals surface area contributed by atoms with E-state index in [-0.39, 0.29) is 12.3 Å². The van der Waals surface area contributed by atoms with Crippen LogP contribution in [0.4, 0.5) is 5.82 Å². The van der Waals surface area contributed by atoms with Crippen LogP contribution >= 0.6 is 7.14 Å². The number of aromatic nitrogens is 4. The van der Waals surface area contributed by atoms with Crippen LogP contribution in [0.3, 0.4) is 0 Å². The highest BCUT2D eigenvalue weighted by Gasteiger charge is 2.25. The summed E-state index contributed by atoms with van der Waals surface area (Å²) in [4.78, 5) is 25.2. The molecule has 1 aromatic carbocycles. The maximum Gasteiger partial charge on any atom is 0.256 e. The van der Waals surface area contributed by atoms with Crippen LogP contribution < -0.4 is 5.32 Å². The quantitative estimate of drug-likeness (QED) is 0.489. The Morgan fingerprint density at radius 1 is 1.21 bits per heavy atom. The highest BCUT2D eigenvalue weighted by Crippen LogP contribution is 2.37. The number of carbonyl (C=O) groups is 1. The van der Waals surface area contributed by atoms with Crippen LogP contribution in [0.25, 0.3) is 11.2 Å². The number of imidazole rings is 1. The van der Waals surface area contributed by atoms with Crippen LogP contribution in [-0.2, 0) is 14.0 Å². The van der Waals surface area contributed by atoms with Gasteiger partial charge in [-0.2, -0.15) is 0 Å². The van der Waals surface area contributed by atoms with E-state index in [0.29, 0.717) is 22.5 Å². The molecule has 3 heterocycles. The highest BCUT2D eigenvalue weighted by molar-refractivity contribution is 7.62. The third-order valence-electron chi connectivity index (χ3n) is 4.16. The molecule has 0 aliphatic carbocycles. The first-order chi connectivity index (χ1) is 13.9. The molecule has 9 nitrogen and oxygen atoms in total. The lowest BCUT2D eigenvalue weighted by atomic mass is 10.2. The summed E-state index contributed by atoms with van der Waals surface area (Å²) in [5.74, 6) is 0.0319. The molecule has 1 aliphatic heterocycles. The van der Waals surface area contributed by atoms with Crippen molar-refractivity contribution in [2.75, 3.05) is 25.0 Å². The van der Waals surface area contributed by atoms with Gasteiger partial charge >= 0.3 is 0 Å². The second-order valence-corrected chi connectivity index (χ2v) is 10.4. The van der Waals surface area contributed by atoms with Crippen molar-refractivity contribution in [3.63, 3.8) is 0 Å². The molecule has 0 saturated heterocycles. The van der Waals surface area contributed by atoms with Gasteiger partial charge in [-0.05, 0) is 37.6 Å². The minimum atomic E-state index is -2.30. The molecule has 1 aliphatic rings. The van der Waals surface area contributed by atoms with Crippen molar-refractivity contribution in [3.8, 4) is 0 Å². The van der Waals surface area contributed by atoms with E-state index in [9.17, 15) is 9.36 Å². The van der Waals surface area contributed by atoms with Crippen LogP contribution in [-0.4, -0.2) is 51.4 Å². The monoisotopic (exact) mass is 413 g/mol. The minimum Gasteiger partial charge on any atom is -0.341 e. The largest absolute Gasteiger partial charge is 0.341 e. The maximum absolute atomic E-state index is 12.4. The highest BCUT2D eigenvalue weighted by atomic mass is 31.2. The van der Waals surface area contributed by atoms with E-state index in [1.165, 1.54) is 6.33 Å². The number of hydrogen-bond acceptors (Lipinski definition) is 7. The molecule has 10 heteroatoms. The number of benzene rings is 1. The summed E-state index contributed by atoms with van der Waals surface area (Å²) in [6.07, 6.45) is 5.56. The van der Waals surface area contributed by atoms with Gasteiger partial charge in [-0.25, -0.2) is 15.0 Å². The van der Waals surface area contributed by atoms with E-state index in [0.717, 1.165) is 0 Å². The predicted molar refractivity (Wildman–Crippen MR) is 108 cm³/mol. The van der Waals surface area contributed by atoms with Gasteiger partial charge in [-0.3, -0.25) is 9.36 Å². The van der Waals surface area contributed by atoms with Gasteiger partial charge < -0.3 is 19.4 Å². The Balaban J connectivity index is 1.52. The number of ether oxygens (including phenoxy) is 2. The van der Waals surface area contributed by atoms with Crippen LogP contribution in [0.15, 0.2) is 55.1 Å². The van der Waals surface area contributed by atoms with Gasteiger partial charge in [-0.1, -0.05) is 18.2 Å². The number of nitrogens with one attached hydrogen (secondary N) is 1. The third-order valence-corrected chi connectivity index (χ3v) is 4.93. The molecule has 0 bridgehead atoms. The maximum atomic E-state index is 12.4. The Morgan fingerprint density at radius 2 is 2.00 bits per heavy atom. The lowest BCUT2D eigenvalue weighted by Gasteiger charge is -2.17. The van der Waals surface area contributed by atoms with Crippen molar-refractivity contribution >= 4 is 30.0 Å². The summed E-state index contributed by atoms with van der Waals surface area (Å²) in [5, 5.41) is 2.77. The van der Waals surface area contributed by atoms with E-state index in [1.807, 2.05) is 12.1 Å². The minimum absolute atomic E-state index is 0.136. The smallest absolute Gasteiger partial charge is 0.256 e. The summed E-state index contributed by atoms with van der Waals surface area (Å²) in [7, 11) is -2.30. The number of carbonyl (C=O) groups excluding carboxylic acids is 1. The Labute approximate surface area is 167 Å². The average Bonchev–Trinajstić information content (AvgIpc) is 3.34. The summed E-state index contributed by atoms with van der Waals surface area (Å²) in [6, 6.07) is 8.85. The van der Waals surface area contributed by atoms with Crippen LogP contribution in [0.5, 0.6) is 0 Å². The number of rotatable bonds is 6. The van der Waals surface area contributed by atoms with Gasteiger partial charge in [0, 0.05) is 5.56 Å². The molecule has 0 radical (unpaired) electrons. The van der Waals surface area contributed by atoms with Crippen molar-refractivity contribution in [2.45, 2.75) is 12.5 Å². The summed E-state index contributed by atoms with van der Waals surface area (Å²) in [6.45, 7) is 3.32. The molecule has 0 spiro atoms. The molecular weight excluding hydrogens is 393 g/mol. The molecule has 29 heavy (non-hydrogen) atoms. The first kappa shape index (κ1) is 19.4. The van der Waals surface area contributed by atoms with Crippen LogP contribution in [0.1, 0.15) is 16.6 Å². The number of nitrogens with zero attached hydrogens (tertiary/aromatic N) is 4. The molecule has 2 atom stereocenters. The van der Waals surface area contributed by atoms with Gasteiger partial charge in [0.1, 0.15) is 19.8 Å². The fraction of sp³-hybridized carbons (Fsp3) is 0.263. The van der Waals surface area contributed by atoms with Crippen molar-refractivity contribution in [1.82, 2.24) is 19.5 Å². The van der Waals surface area contributed by atoms with E-state index in [2.05, 4.69) is 20.3 Å². The predicted octanol–water partition coefficient (Wildman–Crippen LogP) is 3.09. The molecule has 0 unspecified atom stereocenters. The standard InChI is InChI=1S/C19H20N5O4P/c1-29(2,26)12-27-15-9-8-14(28-15)24-11-22-16-17(20-10-21-18(16)24)23-19(25)13-6-4-3-5-7-13/h3-11,14-15H,12H2,1-2H3,(H,20,21,23,25)/t14-,15+/m1/s1. The zero-order chi connectivity index (χ0) is 20.4. The van der Waals surface area contributed by atoms with Gasteiger partial charge in [-0.15, -0.1) is 0 Å². The summed E-state index contributed by atoms with van der Waals surface area (Å²) >= 11 is 0. The first-order valence-electron chi connectivity index (χ1n) is 8.94. The zero-order valence-electron chi connectivity index (χ0n) is 15.9. The average molecular weight is 413 g/mol. The van der Waals surface area contributed by atoms with E-state index >= 15 is 0 Å². The summed E-state index contributed by atoms with van der Waals surface area (Å²) < 4.78 is 24.9. The molecular formula is C19H20N5O4P. The second-order valence-electron chi connectivity index (χ2n) is 7.02. The van der Waals surface area contributed by atoms with E-state index in [4.69, 9.17) is 9.47 Å². The van der Waals surface area contributed by atoms with Crippen molar-refractivity contribution in [3.05, 3.63) is 60.7 Å².